The summed E-state index contributed by atoms with van der Waals surface area (Å²) >= 11 is 0. The molecule has 1 aromatic carbocycles. The number of carbonyl (C=O) groups excluding carboxylic acids is 2. The van der Waals surface area contributed by atoms with Crippen LogP contribution in [0.25, 0.3) is 10.9 Å². The second-order valence-electron chi connectivity index (χ2n) is 8.89. The minimum Gasteiger partial charge on any atom is -0.480 e. The van der Waals surface area contributed by atoms with Crippen molar-refractivity contribution in [3.63, 3.8) is 0 Å². The van der Waals surface area contributed by atoms with Gasteiger partial charge in [0.15, 0.2) is 0 Å². The van der Waals surface area contributed by atoms with Crippen LogP contribution in [0.1, 0.15) is 63.7 Å². The molecular weight excluding hydrogens is 406 g/mol. The predicted molar refractivity (Wildman–Crippen MR) is 127 cm³/mol. The molecule has 3 N–H and O–H groups in total. The van der Waals surface area contributed by atoms with E-state index < -0.39 is 17.9 Å². The molecule has 0 aliphatic carbocycles. The number of nitrogens with two attached hydrogens (primary N) is 1. The Hall–Kier alpha value is -2.67. The molecule has 0 fully saturated rings. The Morgan fingerprint density at radius 1 is 1.16 bits per heavy atom. The third kappa shape index (κ3) is 6.42. The number of carbonyl (C=O) groups is 3. The van der Waals surface area contributed by atoms with Crippen molar-refractivity contribution in [3.8, 4) is 0 Å². The van der Waals surface area contributed by atoms with E-state index in [1.54, 1.807) is 10.8 Å². The summed E-state index contributed by atoms with van der Waals surface area (Å²) in [7, 11) is 0. The number of aliphatic carboxylic acids is 1. The topological polar surface area (TPSA) is 106 Å². The molecule has 2 atom stereocenters. The zero-order valence-corrected chi connectivity index (χ0v) is 19.7. The van der Waals surface area contributed by atoms with E-state index in [1.807, 2.05) is 49.9 Å². The molecule has 1 heterocycles. The molecule has 0 aliphatic rings. The summed E-state index contributed by atoms with van der Waals surface area (Å²) < 4.78 is 1.59. The normalized spacial score (nSPS) is 13.3. The maximum absolute atomic E-state index is 13.6. The van der Waals surface area contributed by atoms with Gasteiger partial charge in [0, 0.05) is 43.4 Å². The fourth-order valence-corrected chi connectivity index (χ4v) is 4.10. The molecule has 1 aromatic heterocycles. The highest BCUT2D eigenvalue weighted by atomic mass is 16.4. The zero-order chi connectivity index (χ0) is 23.8. The molecule has 0 saturated heterocycles. The van der Waals surface area contributed by atoms with Crippen LogP contribution in [-0.2, 0) is 16.0 Å². The summed E-state index contributed by atoms with van der Waals surface area (Å²) in [6.45, 7) is 9.48. The van der Waals surface area contributed by atoms with Gasteiger partial charge in [0.05, 0.1) is 5.52 Å². The van der Waals surface area contributed by atoms with Crippen LogP contribution in [-0.4, -0.2) is 51.5 Å². The van der Waals surface area contributed by atoms with Gasteiger partial charge < -0.3 is 15.7 Å². The Morgan fingerprint density at radius 2 is 1.84 bits per heavy atom. The van der Waals surface area contributed by atoms with Crippen molar-refractivity contribution in [3.05, 3.63) is 36.0 Å². The molecule has 0 bridgehead atoms. The maximum Gasteiger partial charge on any atom is 0.320 e. The quantitative estimate of drug-likeness (QED) is 0.517. The van der Waals surface area contributed by atoms with Crippen molar-refractivity contribution < 1.29 is 19.5 Å². The lowest BCUT2D eigenvalue weighted by Gasteiger charge is -2.24. The second-order valence-corrected chi connectivity index (χ2v) is 8.89. The highest BCUT2D eigenvalue weighted by molar-refractivity contribution is 5.97. The predicted octanol–water partition coefficient (Wildman–Crippen LogP) is 3.94. The number of carboxylic acid groups (broad SMARTS) is 1. The third-order valence-electron chi connectivity index (χ3n) is 5.83. The smallest absolute Gasteiger partial charge is 0.320 e. The molecule has 176 valence electrons. The third-order valence-corrected chi connectivity index (χ3v) is 5.83. The number of hydrogen-bond donors (Lipinski definition) is 2. The van der Waals surface area contributed by atoms with Crippen molar-refractivity contribution in [1.29, 1.82) is 0 Å². The average Bonchev–Trinajstić information content (AvgIpc) is 3.11. The lowest BCUT2D eigenvalue weighted by Crippen LogP contribution is -2.35. The Morgan fingerprint density at radius 3 is 2.44 bits per heavy atom. The number of nitrogens with zero attached hydrogens (tertiary/aromatic N) is 2. The summed E-state index contributed by atoms with van der Waals surface area (Å²) in [5.74, 6) is -1.41. The molecule has 0 aliphatic heterocycles. The maximum atomic E-state index is 13.6. The van der Waals surface area contributed by atoms with E-state index >= 15 is 0 Å². The number of aromatic nitrogens is 1. The lowest BCUT2D eigenvalue weighted by atomic mass is 9.92. The van der Waals surface area contributed by atoms with Gasteiger partial charge in [0.25, 0.3) is 0 Å². The van der Waals surface area contributed by atoms with Crippen LogP contribution in [0, 0.1) is 11.8 Å². The highest BCUT2D eigenvalue weighted by Crippen LogP contribution is 2.26. The number of para-hydroxylation sites is 1. The summed E-state index contributed by atoms with van der Waals surface area (Å²) in [6.07, 6.45) is 4.55. The molecule has 1 amide bonds. The Balaban J connectivity index is 2.37. The van der Waals surface area contributed by atoms with Crippen LogP contribution in [0.15, 0.2) is 30.5 Å². The van der Waals surface area contributed by atoms with Gasteiger partial charge in [0.1, 0.15) is 6.04 Å². The van der Waals surface area contributed by atoms with Crippen molar-refractivity contribution in [2.24, 2.45) is 17.6 Å². The second kappa shape index (κ2) is 11.8. The fourth-order valence-electron chi connectivity index (χ4n) is 4.10. The monoisotopic (exact) mass is 443 g/mol. The highest BCUT2D eigenvalue weighted by Gasteiger charge is 2.28. The molecule has 0 spiro atoms. The van der Waals surface area contributed by atoms with E-state index in [9.17, 15) is 19.5 Å². The lowest BCUT2D eigenvalue weighted by molar-refractivity contribution is -0.138. The van der Waals surface area contributed by atoms with Gasteiger partial charge in [-0.1, -0.05) is 45.4 Å². The van der Waals surface area contributed by atoms with Crippen LogP contribution in [0.3, 0.4) is 0 Å². The molecular formula is C25H37N3O4. The van der Waals surface area contributed by atoms with E-state index in [4.69, 9.17) is 5.73 Å². The standard InChI is InChI=1S/C25H37N3O4/c1-5-7-12-27(6-2)23(29)15-18(13-17(3)4)24(30)28-16-19(14-21(26)25(31)32)20-10-8-9-11-22(20)28/h8-11,16-18,21H,5-7,12-15,26H2,1-4H3,(H,31,32)/t18-,21-/m1/s1. The fraction of sp³-hybridized carbons (Fsp3) is 0.560. The largest absolute Gasteiger partial charge is 0.480 e. The van der Waals surface area contributed by atoms with Crippen LogP contribution < -0.4 is 5.73 Å². The first-order chi connectivity index (χ1) is 15.2. The Labute approximate surface area is 190 Å². The van der Waals surface area contributed by atoms with Crippen LogP contribution in [0.4, 0.5) is 0 Å². The van der Waals surface area contributed by atoms with E-state index in [0.29, 0.717) is 25.0 Å². The van der Waals surface area contributed by atoms with Crippen LogP contribution in [0.5, 0.6) is 0 Å². The number of hydrogen-bond acceptors (Lipinski definition) is 4. The molecule has 2 rings (SSSR count). The molecule has 0 saturated carbocycles. The summed E-state index contributed by atoms with van der Waals surface area (Å²) in [4.78, 5) is 39.7. The summed E-state index contributed by atoms with van der Waals surface area (Å²) in [5, 5.41) is 10.0. The summed E-state index contributed by atoms with van der Waals surface area (Å²) in [6, 6.07) is 6.37. The number of carboxylic acids is 1. The van der Waals surface area contributed by atoms with Gasteiger partial charge in [-0.15, -0.1) is 0 Å². The molecule has 0 unspecified atom stereocenters. The number of rotatable bonds is 12. The number of benzene rings is 1. The van der Waals surface area contributed by atoms with Crippen molar-refractivity contribution >= 4 is 28.7 Å². The van der Waals surface area contributed by atoms with Crippen molar-refractivity contribution in [1.82, 2.24) is 9.47 Å². The molecule has 2 aromatic rings. The first kappa shape index (κ1) is 25.6. The Kier molecular flexibility index (Phi) is 9.44. The average molecular weight is 444 g/mol. The first-order valence-electron chi connectivity index (χ1n) is 11.6. The first-order valence-corrected chi connectivity index (χ1v) is 11.6. The van der Waals surface area contributed by atoms with Gasteiger partial charge in [-0.25, -0.2) is 0 Å². The molecule has 7 nitrogen and oxygen atoms in total. The number of fused-ring (bicyclic) bond motifs is 1. The number of unbranched alkanes of at least 4 members (excludes halogenated alkanes) is 1. The van der Waals surface area contributed by atoms with E-state index in [0.717, 1.165) is 23.8 Å². The van der Waals surface area contributed by atoms with Crippen LogP contribution in [0.2, 0.25) is 0 Å². The van der Waals surface area contributed by atoms with Gasteiger partial charge in [-0.05, 0) is 37.3 Å². The minimum atomic E-state index is -1.08. The van der Waals surface area contributed by atoms with Gasteiger partial charge in [-0.3, -0.25) is 19.0 Å². The minimum absolute atomic E-state index is 0.00420. The SMILES string of the molecule is CCCCN(CC)C(=O)C[C@@H](CC(C)C)C(=O)n1cc(C[C@@H](N)C(=O)O)c2ccccc21. The number of amides is 1. The van der Waals surface area contributed by atoms with Gasteiger partial charge in [-0.2, -0.15) is 0 Å². The van der Waals surface area contributed by atoms with Crippen LogP contribution >= 0.6 is 0 Å². The van der Waals surface area contributed by atoms with Crippen molar-refractivity contribution in [2.75, 3.05) is 13.1 Å². The summed E-state index contributed by atoms with van der Waals surface area (Å²) in [5.41, 5.74) is 7.19. The molecule has 32 heavy (non-hydrogen) atoms. The van der Waals surface area contributed by atoms with E-state index in [-0.39, 0.29) is 30.6 Å². The van der Waals surface area contributed by atoms with E-state index in [1.165, 1.54) is 0 Å². The zero-order valence-electron chi connectivity index (χ0n) is 19.7. The van der Waals surface area contributed by atoms with Gasteiger partial charge in [0.2, 0.25) is 11.8 Å². The molecule has 7 heteroatoms. The van der Waals surface area contributed by atoms with Gasteiger partial charge >= 0.3 is 5.97 Å². The van der Waals surface area contributed by atoms with E-state index in [2.05, 4.69) is 6.92 Å². The molecule has 0 radical (unpaired) electrons. The Bertz CT molecular complexity index is 934. The van der Waals surface area contributed by atoms with Crippen molar-refractivity contribution in [2.45, 2.75) is 65.8 Å².